The van der Waals surface area contributed by atoms with E-state index in [9.17, 15) is 18.3 Å². The van der Waals surface area contributed by atoms with E-state index in [0.717, 1.165) is 21.7 Å². The maximum absolute atomic E-state index is 12.1. The topological polar surface area (TPSA) is 94.9 Å². The minimum Gasteiger partial charge on any atom is -0.477 e. The van der Waals surface area contributed by atoms with E-state index in [1.54, 1.807) is 0 Å². The van der Waals surface area contributed by atoms with Crippen molar-refractivity contribution in [1.29, 1.82) is 0 Å². The Morgan fingerprint density at radius 1 is 1.61 bits per heavy atom. The predicted molar refractivity (Wildman–Crippen MR) is 70.5 cm³/mol. The Kier molecular flexibility index (Phi) is 4.90. The number of aliphatic hydroxyl groups excluding tert-OH is 1. The summed E-state index contributed by atoms with van der Waals surface area (Å²) < 4.78 is 25.5. The molecular weight excluding hydrogens is 346 g/mol. The molecule has 1 aromatic heterocycles. The molecule has 1 heterocycles. The number of carbonyl (C=O) groups is 1. The van der Waals surface area contributed by atoms with Crippen molar-refractivity contribution in [1.82, 2.24) is 4.31 Å². The lowest BCUT2D eigenvalue weighted by Gasteiger charge is -2.18. The van der Waals surface area contributed by atoms with Crippen LogP contribution in [0.3, 0.4) is 0 Å². The van der Waals surface area contributed by atoms with Gasteiger partial charge >= 0.3 is 5.97 Å². The molecule has 0 bridgehead atoms. The number of hydrogen-bond donors (Lipinski definition) is 2. The summed E-state index contributed by atoms with van der Waals surface area (Å²) in [6.45, 7) is 1.41. The highest BCUT2D eigenvalue weighted by Crippen LogP contribution is 2.33. The van der Waals surface area contributed by atoms with Gasteiger partial charge < -0.3 is 10.2 Å². The SMILES string of the molecule is CC(O)CN(C)S(=O)(=O)c1cc(C(=O)O)sc1Br. The number of carboxylic acid groups (broad SMARTS) is 1. The molecule has 0 aliphatic carbocycles. The van der Waals surface area contributed by atoms with Crippen LogP contribution in [0.2, 0.25) is 0 Å². The lowest BCUT2D eigenvalue weighted by Crippen LogP contribution is -2.33. The molecule has 9 heteroatoms. The molecule has 0 aliphatic rings. The third-order valence-electron chi connectivity index (χ3n) is 2.08. The molecule has 0 saturated heterocycles. The fourth-order valence-electron chi connectivity index (χ4n) is 1.27. The quantitative estimate of drug-likeness (QED) is 0.825. The number of rotatable bonds is 5. The third kappa shape index (κ3) is 3.29. The number of aliphatic hydroxyl groups is 1. The van der Waals surface area contributed by atoms with Gasteiger partial charge in [-0.3, -0.25) is 0 Å². The zero-order valence-electron chi connectivity index (χ0n) is 9.62. The molecule has 0 radical (unpaired) electrons. The number of carboxylic acids is 1. The second kappa shape index (κ2) is 5.66. The normalized spacial score (nSPS) is 13.8. The van der Waals surface area contributed by atoms with Crippen molar-refractivity contribution < 1.29 is 23.4 Å². The van der Waals surface area contributed by atoms with Crippen LogP contribution in [0.15, 0.2) is 14.7 Å². The van der Waals surface area contributed by atoms with E-state index in [4.69, 9.17) is 5.11 Å². The number of aromatic carboxylic acids is 1. The summed E-state index contributed by atoms with van der Waals surface area (Å²) in [4.78, 5) is 10.6. The Balaban J connectivity index is 3.16. The van der Waals surface area contributed by atoms with E-state index in [0.29, 0.717) is 0 Å². The molecule has 2 N–H and O–H groups in total. The lowest BCUT2D eigenvalue weighted by molar-refractivity contribution is 0.0702. The lowest BCUT2D eigenvalue weighted by atomic mass is 10.4. The molecule has 102 valence electrons. The van der Waals surface area contributed by atoms with Gasteiger partial charge in [-0.2, -0.15) is 4.31 Å². The summed E-state index contributed by atoms with van der Waals surface area (Å²) >= 11 is 3.88. The standard InChI is InChI=1S/C9H12BrNO5S2/c1-5(12)4-11(2)18(15,16)7-3-6(9(13)14)17-8(7)10/h3,5,12H,4H2,1-2H3,(H,13,14). The fraction of sp³-hybridized carbons (Fsp3) is 0.444. The summed E-state index contributed by atoms with van der Waals surface area (Å²) in [5.41, 5.74) is 0. The van der Waals surface area contributed by atoms with Gasteiger partial charge in [-0.05, 0) is 28.9 Å². The van der Waals surface area contributed by atoms with Crippen LogP contribution >= 0.6 is 27.3 Å². The smallest absolute Gasteiger partial charge is 0.345 e. The van der Waals surface area contributed by atoms with E-state index in [2.05, 4.69) is 15.9 Å². The first-order valence-corrected chi connectivity index (χ1v) is 7.88. The van der Waals surface area contributed by atoms with Crippen molar-refractivity contribution in [3.8, 4) is 0 Å². The predicted octanol–water partition coefficient (Wildman–Crippen LogP) is 1.21. The Hall–Kier alpha value is -0.480. The molecule has 1 unspecified atom stereocenters. The van der Waals surface area contributed by atoms with E-state index in [1.807, 2.05) is 0 Å². The van der Waals surface area contributed by atoms with Gasteiger partial charge in [0.25, 0.3) is 0 Å². The van der Waals surface area contributed by atoms with Gasteiger partial charge in [0.05, 0.1) is 9.89 Å². The monoisotopic (exact) mass is 357 g/mol. The van der Waals surface area contributed by atoms with Crippen molar-refractivity contribution in [3.05, 3.63) is 14.7 Å². The first-order chi connectivity index (χ1) is 8.16. The van der Waals surface area contributed by atoms with Gasteiger partial charge in [-0.1, -0.05) is 0 Å². The molecular formula is C9H12BrNO5S2. The maximum atomic E-state index is 12.1. The van der Waals surface area contributed by atoms with Crippen LogP contribution in [-0.2, 0) is 10.0 Å². The van der Waals surface area contributed by atoms with Gasteiger partial charge in [0, 0.05) is 13.6 Å². The molecule has 0 fully saturated rings. The summed E-state index contributed by atoms with van der Waals surface area (Å²) in [5.74, 6) is -1.18. The van der Waals surface area contributed by atoms with E-state index in [1.165, 1.54) is 14.0 Å². The zero-order chi connectivity index (χ0) is 14.1. The Labute approximate surface area is 117 Å². The average Bonchev–Trinajstić information content (AvgIpc) is 2.59. The molecule has 0 saturated carbocycles. The minimum atomic E-state index is -3.80. The number of halogens is 1. The highest BCUT2D eigenvalue weighted by molar-refractivity contribution is 9.11. The Bertz CT molecular complexity index is 551. The molecule has 0 spiro atoms. The Morgan fingerprint density at radius 2 is 2.17 bits per heavy atom. The highest BCUT2D eigenvalue weighted by atomic mass is 79.9. The van der Waals surface area contributed by atoms with Crippen molar-refractivity contribution in [2.24, 2.45) is 0 Å². The summed E-state index contributed by atoms with van der Waals surface area (Å²) in [6, 6.07) is 1.10. The van der Waals surface area contributed by atoms with E-state index >= 15 is 0 Å². The Morgan fingerprint density at radius 3 is 2.56 bits per heavy atom. The van der Waals surface area contributed by atoms with Crippen LogP contribution in [0.25, 0.3) is 0 Å². The van der Waals surface area contributed by atoms with E-state index in [-0.39, 0.29) is 20.1 Å². The van der Waals surface area contributed by atoms with Crippen LogP contribution in [0, 0.1) is 0 Å². The highest BCUT2D eigenvalue weighted by Gasteiger charge is 2.27. The van der Waals surface area contributed by atoms with Gasteiger partial charge in [-0.15, -0.1) is 11.3 Å². The zero-order valence-corrected chi connectivity index (χ0v) is 12.8. The molecule has 0 aromatic carbocycles. The molecule has 0 amide bonds. The molecule has 18 heavy (non-hydrogen) atoms. The third-order valence-corrected chi connectivity index (χ3v) is 6.14. The number of nitrogens with zero attached hydrogens (tertiary/aromatic N) is 1. The fourth-order valence-corrected chi connectivity index (χ4v) is 4.87. The molecule has 0 aliphatic heterocycles. The number of thiophene rings is 1. The van der Waals surface area contributed by atoms with Crippen molar-refractivity contribution in [2.45, 2.75) is 17.9 Å². The van der Waals surface area contributed by atoms with Gasteiger partial charge in [0.1, 0.15) is 9.77 Å². The second-order valence-corrected chi connectivity index (χ2v) is 8.07. The number of sulfonamides is 1. The van der Waals surface area contributed by atoms with Crippen LogP contribution in [0.4, 0.5) is 0 Å². The summed E-state index contributed by atoms with van der Waals surface area (Å²) in [5, 5.41) is 18.0. The van der Waals surface area contributed by atoms with E-state index < -0.39 is 22.1 Å². The van der Waals surface area contributed by atoms with Crippen LogP contribution in [-0.4, -0.2) is 48.6 Å². The molecule has 1 atom stereocenters. The first kappa shape index (κ1) is 15.6. The van der Waals surface area contributed by atoms with Crippen molar-refractivity contribution in [3.63, 3.8) is 0 Å². The molecule has 6 nitrogen and oxygen atoms in total. The maximum Gasteiger partial charge on any atom is 0.345 e. The van der Waals surface area contributed by atoms with Crippen LogP contribution in [0.1, 0.15) is 16.6 Å². The van der Waals surface area contributed by atoms with Gasteiger partial charge in [-0.25, -0.2) is 13.2 Å². The summed E-state index contributed by atoms with van der Waals surface area (Å²) in [7, 11) is -2.48. The average molecular weight is 358 g/mol. The van der Waals surface area contributed by atoms with Gasteiger partial charge in [0.2, 0.25) is 10.0 Å². The molecule has 1 rings (SSSR count). The number of hydrogen-bond acceptors (Lipinski definition) is 5. The number of likely N-dealkylation sites (N-methyl/N-ethyl adjacent to an activating group) is 1. The second-order valence-electron chi connectivity index (χ2n) is 3.69. The molecule has 1 aromatic rings. The van der Waals surface area contributed by atoms with Crippen molar-refractivity contribution >= 4 is 43.3 Å². The summed E-state index contributed by atoms with van der Waals surface area (Å²) in [6.07, 6.45) is -0.805. The van der Waals surface area contributed by atoms with Crippen LogP contribution < -0.4 is 0 Å². The minimum absolute atomic E-state index is 0.0625. The first-order valence-electron chi connectivity index (χ1n) is 4.83. The largest absolute Gasteiger partial charge is 0.477 e. The van der Waals surface area contributed by atoms with Crippen LogP contribution in [0.5, 0.6) is 0 Å². The van der Waals surface area contributed by atoms with Gasteiger partial charge in [0.15, 0.2) is 0 Å². The van der Waals surface area contributed by atoms with Crippen molar-refractivity contribution in [2.75, 3.05) is 13.6 Å².